The average molecular weight is 317 g/mol. The van der Waals surface area contributed by atoms with Crippen molar-refractivity contribution in [3.05, 3.63) is 53.0 Å². The van der Waals surface area contributed by atoms with Crippen molar-refractivity contribution in [1.29, 1.82) is 0 Å². The second-order valence-corrected chi connectivity index (χ2v) is 5.36. The molecule has 1 atom stereocenters. The molecule has 1 aromatic carbocycles. The van der Waals surface area contributed by atoms with E-state index in [2.05, 4.69) is 5.32 Å². The van der Waals surface area contributed by atoms with Crippen LogP contribution in [0.25, 0.3) is 0 Å². The fourth-order valence-electron chi connectivity index (χ4n) is 2.02. The summed E-state index contributed by atoms with van der Waals surface area (Å²) in [5, 5.41) is 11.1. The highest BCUT2D eigenvalue weighted by Gasteiger charge is 2.18. The molecule has 0 saturated carbocycles. The Labute approximate surface area is 134 Å². The number of rotatable bonds is 6. The van der Waals surface area contributed by atoms with Gasteiger partial charge >= 0.3 is 5.97 Å². The van der Waals surface area contributed by atoms with Crippen molar-refractivity contribution in [3.63, 3.8) is 0 Å². The number of hydrogen-bond acceptors (Lipinski definition) is 4. The molecule has 23 heavy (non-hydrogen) atoms. The minimum atomic E-state index is -1.11. The first-order chi connectivity index (χ1) is 10.9. The highest BCUT2D eigenvalue weighted by Crippen LogP contribution is 2.20. The zero-order valence-electron chi connectivity index (χ0n) is 13.3. The highest BCUT2D eigenvalue weighted by molar-refractivity contribution is 5.94. The van der Waals surface area contributed by atoms with E-state index in [-0.39, 0.29) is 12.4 Å². The number of carbonyl (C=O) groups excluding carboxylic acids is 1. The molecule has 0 spiro atoms. The van der Waals surface area contributed by atoms with Gasteiger partial charge in [0.2, 0.25) is 0 Å². The number of nitrogens with one attached hydrogen (secondary N) is 1. The Morgan fingerprint density at radius 1 is 1.26 bits per heavy atom. The summed E-state index contributed by atoms with van der Waals surface area (Å²) in [6.07, 6.45) is 0. The first-order valence-corrected chi connectivity index (χ1v) is 7.19. The highest BCUT2D eigenvalue weighted by atomic mass is 16.5. The Kier molecular flexibility index (Phi) is 5.05. The van der Waals surface area contributed by atoms with Crippen LogP contribution in [0, 0.1) is 13.8 Å². The van der Waals surface area contributed by atoms with Crippen LogP contribution in [0.3, 0.4) is 0 Å². The van der Waals surface area contributed by atoms with Gasteiger partial charge in [0, 0.05) is 0 Å². The van der Waals surface area contributed by atoms with Crippen LogP contribution in [0.4, 0.5) is 0 Å². The Bertz CT molecular complexity index is 720. The molecule has 1 heterocycles. The van der Waals surface area contributed by atoms with Crippen LogP contribution in [0.2, 0.25) is 0 Å². The number of benzene rings is 1. The third-order valence-electron chi connectivity index (χ3n) is 3.30. The molecule has 1 aromatic heterocycles. The van der Waals surface area contributed by atoms with Gasteiger partial charge in [-0.2, -0.15) is 0 Å². The summed E-state index contributed by atoms with van der Waals surface area (Å²) in [6, 6.07) is 7.99. The molecule has 0 aliphatic carbocycles. The number of aryl methyl sites for hydroxylation is 2. The maximum Gasteiger partial charge on any atom is 0.325 e. The zero-order valence-corrected chi connectivity index (χ0v) is 13.3. The number of carboxylic acids is 1. The Hall–Kier alpha value is -2.76. The number of carboxylic acid groups (broad SMARTS) is 1. The van der Waals surface area contributed by atoms with Crippen molar-refractivity contribution in [2.24, 2.45) is 0 Å². The summed E-state index contributed by atoms with van der Waals surface area (Å²) in [5.41, 5.74) is 2.17. The van der Waals surface area contributed by atoms with E-state index in [1.54, 1.807) is 6.07 Å². The molecule has 0 aliphatic rings. The summed E-state index contributed by atoms with van der Waals surface area (Å²) >= 11 is 0. The van der Waals surface area contributed by atoms with Crippen LogP contribution in [-0.2, 0) is 11.4 Å². The lowest BCUT2D eigenvalue weighted by atomic mass is 10.1. The topological polar surface area (TPSA) is 88.8 Å². The number of ether oxygens (including phenoxy) is 1. The zero-order chi connectivity index (χ0) is 17.0. The average Bonchev–Trinajstić information content (AvgIpc) is 2.95. The molecular weight excluding hydrogens is 298 g/mol. The van der Waals surface area contributed by atoms with Crippen molar-refractivity contribution in [1.82, 2.24) is 5.32 Å². The molecule has 0 unspecified atom stereocenters. The fraction of sp³-hybridized carbons (Fsp3) is 0.294. The predicted molar refractivity (Wildman–Crippen MR) is 83.5 cm³/mol. The van der Waals surface area contributed by atoms with Gasteiger partial charge in [0.1, 0.15) is 24.2 Å². The summed E-state index contributed by atoms with van der Waals surface area (Å²) in [7, 11) is 0. The van der Waals surface area contributed by atoms with Gasteiger partial charge in [-0.3, -0.25) is 9.59 Å². The number of furan rings is 1. The fourth-order valence-corrected chi connectivity index (χ4v) is 2.02. The normalized spacial score (nSPS) is 11.8. The van der Waals surface area contributed by atoms with Crippen LogP contribution < -0.4 is 10.1 Å². The van der Waals surface area contributed by atoms with E-state index in [1.807, 2.05) is 32.0 Å². The third kappa shape index (κ3) is 4.35. The number of aliphatic carboxylic acids is 1. The van der Waals surface area contributed by atoms with Crippen LogP contribution >= 0.6 is 0 Å². The molecule has 1 amide bonds. The van der Waals surface area contributed by atoms with Crippen molar-refractivity contribution in [3.8, 4) is 5.75 Å². The lowest BCUT2D eigenvalue weighted by molar-refractivity contribution is -0.138. The third-order valence-corrected chi connectivity index (χ3v) is 3.30. The quantitative estimate of drug-likeness (QED) is 0.855. The van der Waals surface area contributed by atoms with Gasteiger partial charge in [0.05, 0.1) is 0 Å². The molecule has 2 N–H and O–H groups in total. The maximum atomic E-state index is 11.8. The van der Waals surface area contributed by atoms with E-state index < -0.39 is 17.9 Å². The minimum absolute atomic E-state index is 0.0531. The first-order valence-electron chi connectivity index (χ1n) is 7.19. The molecule has 6 nitrogen and oxygen atoms in total. The van der Waals surface area contributed by atoms with Crippen molar-refractivity contribution in [2.75, 3.05) is 0 Å². The SMILES string of the molecule is Cc1ccc(OCc2ccc(C(=O)N[C@@H](C)C(=O)O)o2)c(C)c1. The predicted octanol–water partition coefficient (Wildman–Crippen LogP) is 2.68. The standard InChI is InChI=1S/C17H19NO5/c1-10-4-6-14(11(2)8-10)22-9-13-5-7-15(23-13)16(19)18-12(3)17(20)21/h4-8,12H,9H2,1-3H3,(H,18,19)(H,20,21)/t12-/m0/s1. The van der Waals surface area contributed by atoms with E-state index in [4.69, 9.17) is 14.3 Å². The first kappa shape index (κ1) is 16.6. The van der Waals surface area contributed by atoms with Crippen LogP contribution in [0.15, 0.2) is 34.7 Å². The van der Waals surface area contributed by atoms with Gasteiger partial charge in [-0.25, -0.2) is 0 Å². The molecule has 0 bridgehead atoms. The smallest absolute Gasteiger partial charge is 0.325 e. The van der Waals surface area contributed by atoms with Crippen molar-refractivity contribution in [2.45, 2.75) is 33.4 Å². The number of amides is 1. The van der Waals surface area contributed by atoms with Gasteiger partial charge in [-0.1, -0.05) is 17.7 Å². The number of carbonyl (C=O) groups is 2. The van der Waals surface area contributed by atoms with E-state index in [9.17, 15) is 9.59 Å². The van der Waals surface area contributed by atoms with E-state index in [0.29, 0.717) is 5.76 Å². The van der Waals surface area contributed by atoms with E-state index in [1.165, 1.54) is 13.0 Å². The summed E-state index contributed by atoms with van der Waals surface area (Å²) in [6.45, 7) is 5.53. The summed E-state index contributed by atoms with van der Waals surface area (Å²) in [5.74, 6) is -0.395. The molecule has 6 heteroatoms. The van der Waals surface area contributed by atoms with Gasteiger partial charge < -0.3 is 19.6 Å². The van der Waals surface area contributed by atoms with Gasteiger partial charge in [0.25, 0.3) is 5.91 Å². The molecule has 0 aliphatic heterocycles. The lowest BCUT2D eigenvalue weighted by Crippen LogP contribution is -2.38. The van der Waals surface area contributed by atoms with Gasteiger partial charge in [0.15, 0.2) is 5.76 Å². The summed E-state index contributed by atoms with van der Waals surface area (Å²) in [4.78, 5) is 22.6. The molecule has 0 radical (unpaired) electrons. The van der Waals surface area contributed by atoms with Crippen molar-refractivity contribution < 1.29 is 23.8 Å². The molecule has 2 rings (SSSR count). The number of hydrogen-bond donors (Lipinski definition) is 2. The van der Waals surface area contributed by atoms with Gasteiger partial charge in [-0.05, 0) is 44.5 Å². The molecular formula is C17H19NO5. The molecule has 0 fully saturated rings. The summed E-state index contributed by atoms with van der Waals surface area (Å²) < 4.78 is 11.1. The Balaban J connectivity index is 1.97. The van der Waals surface area contributed by atoms with Crippen LogP contribution in [0.1, 0.15) is 34.4 Å². The Morgan fingerprint density at radius 2 is 2.00 bits per heavy atom. The largest absolute Gasteiger partial charge is 0.485 e. The van der Waals surface area contributed by atoms with Gasteiger partial charge in [-0.15, -0.1) is 0 Å². The van der Waals surface area contributed by atoms with E-state index in [0.717, 1.165) is 16.9 Å². The molecule has 122 valence electrons. The Morgan fingerprint density at radius 3 is 2.65 bits per heavy atom. The maximum absolute atomic E-state index is 11.8. The minimum Gasteiger partial charge on any atom is -0.485 e. The van der Waals surface area contributed by atoms with E-state index >= 15 is 0 Å². The monoisotopic (exact) mass is 317 g/mol. The van der Waals surface area contributed by atoms with Crippen LogP contribution in [-0.4, -0.2) is 23.0 Å². The second-order valence-electron chi connectivity index (χ2n) is 5.36. The second kappa shape index (κ2) is 7.00. The lowest BCUT2D eigenvalue weighted by Gasteiger charge is -2.08. The molecule has 0 saturated heterocycles. The van der Waals surface area contributed by atoms with Crippen molar-refractivity contribution >= 4 is 11.9 Å². The van der Waals surface area contributed by atoms with Crippen LogP contribution in [0.5, 0.6) is 5.75 Å². The molecule has 2 aromatic rings.